The summed E-state index contributed by atoms with van der Waals surface area (Å²) < 4.78 is 44.6. The molecule has 1 amide bonds. The second kappa shape index (κ2) is 11.1. The van der Waals surface area contributed by atoms with Gasteiger partial charge in [0.05, 0.1) is 42.9 Å². The van der Waals surface area contributed by atoms with Gasteiger partial charge in [-0.1, -0.05) is 43.0 Å². The first-order valence-electron chi connectivity index (χ1n) is 11.8. The summed E-state index contributed by atoms with van der Waals surface area (Å²) >= 11 is 6.23. The molecule has 36 heavy (non-hydrogen) atoms. The van der Waals surface area contributed by atoms with Crippen molar-refractivity contribution in [3.05, 3.63) is 47.5 Å². The van der Waals surface area contributed by atoms with Crippen LogP contribution in [0.3, 0.4) is 0 Å². The Morgan fingerprint density at radius 1 is 1.11 bits per heavy atom. The molecule has 11 heteroatoms. The Morgan fingerprint density at radius 3 is 2.50 bits per heavy atom. The van der Waals surface area contributed by atoms with Crippen molar-refractivity contribution in [1.29, 1.82) is 0 Å². The van der Waals surface area contributed by atoms with E-state index in [0.29, 0.717) is 30.0 Å². The number of benzene rings is 2. The summed E-state index contributed by atoms with van der Waals surface area (Å²) in [4.78, 5) is 27.3. The smallest absolute Gasteiger partial charge is 0.348 e. The molecule has 2 aromatic carbocycles. The number of nitrogens with zero attached hydrogens (tertiary/aromatic N) is 2. The molecule has 1 aliphatic heterocycles. The zero-order valence-corrected chi connectivity index (χ0v) is 21.8. The predicted molar refractivity (Wildman–Crippen MR) is 134 cm³/mol. The van der Waals surface area contributed by atoms with E-state index >= 15 is 0 Å². The predicted octanol–water partition coefficient (Wildman–Crippen LogP) is 3.64. The molecule has 1 aliphatic carbocycles. The Labute approximate surface area is 215 Å². The first kappa shape index (κ1) is 26.2. The number of hydrogen-bond donors (Lipinski definition) is 0. The summed E-state index contributed by atoms with van der Waals surface area (Å²) in [6, 6.07) is 10.8. The van der Waals surface area contributed by atoms with E-state index in [-0.39, 0.29) is 22.5 Å². The van der Waals surface area contributed by atoms with E-state index in [9.17, 15) is 18.0 Å². The van der Waals surface area contributed by atoms with Crippen LogP contribution in [0.1, 0.15) is 32.1 Å². The zero-order chi connectivity index (χ0) is 25.9. The highest BCUT2D eigenvalue weighted by Crippen LogP contribution is 2.35. The van der Waals surface area contributed by atoms with Gasteiger partial charge in [-0.15, -0.1) is 0 Å². The van der Waals surface area contributed by atoms with Gasteiger partial charge in [0, 0.05) is 6.04 Å². The molecule has 0 N–H and O–H groups in total. The number of hydrogen-bond acceptors (Lipinski definition) is 7. The van der Waals surface area contributed by atoms with Crippen LogP contribution in [0.15, 0.2) is 47.4 Å². The van der Waals surface area contributed by atoms with Crippen LogP contribution in [0.25, 0.3) is 0 Å². The fraction of sp³-hybridized carbons (Fsp3) is 0.440. The van der Waals surface area contributed by atoms with E-state index in [4.69, 9.17) is 25.8 Å². The van der Waals surface area contributed by atoms with Gasteiger partial charge in [-0.3, -0.25) is 4.79 Å². The first-order chi connectivity index (χ1) is 17.3. The zero-order valence-electron chi connectivity index (χ0n) is 20.2. The highest BCUT2D eigenvalue weighted by atomic mass is 35.5. The van der Waals surface area contributed by atoms with Gasteiger partial charge in [0.1, 0.15) is 11.5 Å². The number of carbonyl (C=O) groups is 2. The molecule has 1 atom stereocenters. The monoisotopic (exact) mass is 536 g/mol. The average Bonchev–Trinajstić information content (AvgIpc) is 2.90. The molecule has 0 unspecified atom stereocenters. The standard InChI is InChI=1S/C25H29ClN2O7S/c1-33-21-13-12-18(14-19(21)26)36(31,32)28(17-8-4-3-5-9-17)16-24(29)27-15-23(25(30)34-2)35-22-11-7-6-10-20(22)27/h6-7,10-14,17,23H,3-5,8-9,15-16H2,1-2H3/t23-/m1/s1. The lowest BCUT2D eigenvalue weighted by molar-refractivity contribution is -0.148. The van der Waals surface area contributed by atoms with Crippen molar-refractivity contribution >= 4 is 39.2 Å². The number of para-hydroxylation sites is 2. The lowest BCUT2D eigenvalue weighted by atomic mass is 9.95. The molecule has 0 aromatic heterocycles. The highest BCUT2D eigenvalue weighted by Gasteiger charge is 2.39. The Hall–Kier alpha value is -2.82. The quantitative estimate of drug-likeness (QED) is 0.498. The minimum Gasteiger partial charge on any atom is -0.495 e. The molecular formula is C25H29ClN2O7S. The number of fused-ring (bicyclic) bond motifs is 1. The maximum atomic E-state index is 13.8. The normalized spacial score (nSPS) is 18.3. The Bertz CT molecular complexity index is 1230. The molecule has 1 fully saturated rings. The molecule has 4 rings (SSSR count). The minimum absolute atomic E-state index is 0.0125. The number of esters is 1. The number of carbonyl (C=O) groups excluding carboxylic acids is 2. The van der Waals surface area contributed by atoms with Crippen molar-refractivity contribution in [2.75, 3.05) is 32.2 Å². The van der Waals surface area contributed by atoms with Gasteiger partial charge in [0.2, 0.25) is 22.0 Å². The van der Waals surface area contributed by atoms with Gasteiger partial charge >= 0.3 is 5.97 Å². The van der Waals surface area contributed by atoms with Gasteiger partial charge in [0.25, 0.3) is 0 Å². The Balaban J connectivity index is 1.68. The van der Waals surface area contributed by atoms with Gasteiger partial charge in [0.15, 0.2) is 0 Å². The van der Waals surface area contributed by atoms with Crippen LogP contribution in [0.4, 0.5) is 5.69 Å². The molecule has 9 nitrogen and oxygen atoms in total. The first-order valence-corrected chi connectivity index (χ1v) is 13.6. The van der Waals surface area contributed by atoms with Crippen molar-refractivity contribution in [2.45, 2.75) is 49.1 Å². The Morgan fingerprint density at radius 2 is 1.83 bits per heavy atom. The minimum atomic E-state index is -4.07. The molecule has 0 radical (unpaired) electrons. The number of rotatable bonds is 7. The topological polar surface area (TPSA) is 102 Å². The van der Waals surface area contributed by atoms with Crippen LogP contribution >= 0.6 is 11.6 Å². The van der Waals surface area contributed by atoms with E-state index in [0.717, 1.165) is 19.3 Å². The van der Waals surface area contributed by atoms with E-state index in [1.807, 2.05) is 0 Å². The number of sulfonamides is 1. The third-order valence-corrected chi connectivity index (χ3v) is 8.73. The molecule has 194 valence electrons. The molecule has 0 bridgehead atoms. The van der Waals surface area contributed by atoms with E-state index in [1.165, 1.54) is 41.6 Å². The highest BCUT2D eigenvalue weighted by molar-refractivity contribution is 7.89. The third kappa shape index (κ3) is 5.30. The molecule has 2 aromatic rings. The van der Waals surface area contributed by atoms with Gasteiger partial charge in [-0.05, 0) is 43.2 Å². The van der Waals surface area contributed by atoms with Crippen LogP contribution in [-0.4, -0.2) is 64.1 Å². The largest absolute Gasteiger partial charge is 0.495 e. The van der Waals surface area contributed by atoms with E-state index in [2.05, 4.69) is 0 Å². The third-order valence-electron chi connectivity index (χ3n) is 6.54. The van der Waals surface area contributed by atoms with Crippen molar-refractivity contribution in [3.8, 4) is 11.5 Å². The number of ether oxygens (including phenoxy) is 3. The number of anilines is 1. The molecule has 0 spiro atoms. The van der Waals surface area contributed by atoms with Crippen molar-refractivity contribution in [2.24, 2.45) is 0 Å². The Kier molecular flexibility index (Phi) is 8.07. The lowest BCUT2D eigenvalue weighted by Gasteiger charge is -2.37. The van der Waals surface area contributed by atoms with Crippen molar-refractivity contribution in [1.82, 2.24) is 4.31 Å². The van der Waals surface area contributed by atoms with E-state index in [1.54, 1.807) is 24.3 Å². The summed E-state index contributed by atoms with van der Waals surface area (Å²) in [5.41, 5.74) is 0.469. The van der Waals surface area contributed by atoms with E-state index < -0.39 is 34.5 Å². The van der Waals surface area contributed by atoms with Crippen LogP contribution in [-0.2, 0) is 24.3 Å². The van der Waals surface area contributed by atoms with Gasteiger partial charge < -0.3 is 19.1 Å². The number of amides is 1. The number of halogens is 1. The summed E-state index contributed by atoms with van der Waals surface area (Å²) in [6.07, 6.45) is 3.05. The molecule has 2 aliphatic rings. The summed E-state index contributed by atoms with van der Waals surface area (Å²) in [5.74, 6) is -0.378. The van der Waals surface area contributed by atoms with Gasteiger partial charge in [-0.25, -0.2) is 13.2 Å². The van der Waals surface area contributed by atoms with Gasteiger partial charge in [-0.2, -0.15) is 4.31 Å². The summed E-state index contributed by atoms with van der Waals surface area (Å²) in [5, 5.41) is 0.163. The maximum absolute atomic E-state index is 13.8. The van der Waals surface area contributed by atoms with Crippen LogP contribution < -0.4 is 14.4 Å². The van der Waals surface area contributed by atoms with Crippen LogP contribution in [0.2, 0.25) is 5.02 Å². The second-order valence-corrected chi connectivity index (χ2v) is 11.0. The summed E-state index contributed by atoms with van der Waals surface area (Å²) in [6.45, 7) is -0.478. The lowest BCUT2D eigenvalue weighted by Crippen LogP contribution is -2.52. The fourth-order valence-electron chi connectivity index (χ4n) is 4.67. The molecule has 1 saturated carbocycles. The van der Waals surface area contributed by atoms with Crippen molar-refractivity contribution in [3.63, 3.8) is 0 Å². The molecule has 1 heterocycles. The second-order valence-electron chi connectivity index (χ2n) is 8.74. The molecule has 0 saturated heterocycles. The fourth-order valence-corrected chi connectivity index (χ4v) is 6.65. The summed E-state index contributed by atoms with van der Waals surface area (Å²) in [7, 11) is -1.38. The van der Waals surface area contributed by atoms with Crippen LogP contribution in [0.5, 0.6) is 11.5 Å². The maximum Gasteiger partial charge on any atom is 0.348 e. The number of methoxy groups -OCH3 is 2. The van der Waals surface area contributed by atoms with Crippen LogP contribution in [0, 0.1) is 0 Å². The van der Waals surface area contributed by atoms with Crippen molar-refractivity contribution < 1.29 is 32.2 Å². The average molecular weight is 537 g/mol. The SMILES string of the molecule is COC(=O)[C@H]1CN(C(=O)CN(C2CCCCC2)S(=O)(=O)c2ccc(OC)c(Cl)c2)c2ccccc2O1. The molecular weight excluding hydrogens is 508 g/mol.